The second-order valence-electron chi connectivity index (χ2n) is 6.27. The maximum atomic E-state index is 13.0. The minimum atomic E-state index is -4.02. The molecule has 3 aromatic carbocycles. The van der Waals surface area contributed by atoms with Crippen LogP contribution in [0.1, 0.15) is 10.4 Å². The Kier molecular flexibility index (Phi) is 7.23. The molecule has 0 saturated heterocycles. The molecule has 0 radical (unpaired) electrons. The van der Waals surface area contributed by atoms with Crippen LogP contribution in [0.2, 0.25) is 0 Å². The molecule has 7 nitrogen and oxygen atoms in total. The van der Waals surface area contributed by atoms with E-state index in [1.807, 2.05) is 6.07 Å². The standard InChI is InChI=1S/C21H16FIN2O5S/c22-15-7-9-17(10-8-15)25-31(28,29)19-6-1-3-14(11-19)21(27)30-13-20(26)24-18-5-2-4-16(23)12-18/h1-12,25H,13H2,(H,24,26). The van der Waals surface area contributed by atoms with Crippen molar-refractivity contribution in [3.8, 4) is 0 Å². The Labute approximate surface area is 191 Å². The van der Waals surface area contributed by atoms with Crippen LogP contribution in [0.5, 0.6) is 0 Å². The molecule has 0 unspecified atom stereocenters. The van der Waals surface area contributed by atoms with Gasteiger partial charge in [-0.3, -0.25) is 9.52 Å². The van der Waals surface area contributed by atoms with E-state index in [0.29, 0.717) is 5.69 Å². The van der Waals surface area contributed by atoms with Crippen molar-refractivity contribution in [3.63, 3.8) is 0 Å². The number of halogens is 2. The number of hydrogen-bond acceptors (Lipinski definition) is 5. The summed E-state index contributed by atoms with van der Waals surface area (Å²) in [5.41, 5.74) is 0.693. The van der Waals surface area contributed by atoms with E-state index in [-0.39, 0.29) is 16.1 Å². The maximum Gasteiger partial charge on any atom is 0.338 e. The van der Waals surface area contributed by atoms with Gasteiger partial charge in [0.15, 0.2) is 6.61 Å². The van der Waals surface area contributed by atoms with Crippen LogP contribution in [-0.4, -0.2) is 26.9 Å². The minimum absolute atomic E-state index is 0.0379. The number of benzene rings is 3. The quantitative estimate of drug-likeness (QED) is 0.340. The number of anilines is 2. The zero-order valence-corrected chi connectivity index (χ0v) is 18.8. The zero-order valence-electron chi connectivity index (χ0n) is 15.8. The first-order valence-electron chi connectivity index (χ1n) is 8.84. The number of rotatable bonds is 7. The number of carbonyl (C=O) groups excluding carboxylic acids is 2. The lowest BCUT2D eigenvalue weighted by Crippen LogP contribution is -2.21. The fourth-order valence-electron chi connectivity index (χ4n) is 2.50. The third-order valence-corrected chi connectivity index (χ3v) is 5.97. The van der Waals surface area contributed by atoms with Crippen molar-refractivity contribution in [3.05, 3.63) is 87.7 Å². The highest BCUT2D eigenvalue weighted by molar-refractivity contribution is 14.1. The minimum Gasteiger partial charge on any atom is -0.452 e. The van der Waals surface area contributed by atoms with Crippen LogP contribution in [0.15, 0.2) is 77.7 Å². The highest BCUT2D eigenvalue weighted by atomic mass is 127. The summed E-state index contributed by atoms with van der Waals surface area (Å²) in [5.74, 6) is -1.88. The molecule has 0 aliphatic heterocycles. The van der Waals surface area contributed by atoms with Gasteiger partial charge in [-0.25, -0.2) is 17.6 Å². The maximum absolute atomic E-state index is 13.0. The summed E-state index contributed by atoms with van der Waals surface area (Å²) < 4.78 is 46.3. The van der Waals surface area contributed by atoms with E-state index >= 15 is 0 Å². The van der Waals surface area contributed by atoms with Crippen LogP contribution in [0.4, 0.5) is 15.8 Å². The van der Waals surface area contributed by atoms with E-state index in [9.17, 15) is 22.4 Å². The summed E-state index contributed by atoms with van der Waals surface area (Å²) in [4.78, 5) is 24.1. The molecule has 0 bridgehead atoms. The number of carbonyl (C=O) groups is 2. The van der Waals surface area contributed by atoms with Gasteiger partial charge in [0, 0.05) is 14.9 Å². The van der Waals surface area contributed by atoms with Gasteiger partial charge in [0.1, 0.15) is 5.82 Å². The summed E-state index contributed by atoms with van der Waals surface area (Å²) in [6.07, 6.45) is 0. The highest BCUT2D eigenvalue weighted by Crippen LogP contribution is 2.18. The second kappa shape index (κ2) is 9.88. The van der Waals surface area contributed by atoms with Crippen molar-refractivity contribution in [1.29, 1.82) is 0 Å². The first-order valence-corrected chi connectivity index (χ1v) is 11.4. The van der Waals surface area contributed by atoms with Crippen LogP contribution in [-0.2, 0) is 19.6 Å². The van der Waals surface area contributed by atoms with E-state index in [2.05, 4.69) is 32.6 Å². The van der Waals surface area contributed by atoms with Crippen molar-refractivity contribution in [2.75, 3.05) is 16.6 Å². The van der Waals surface area contributed by atoms with Crippen LogP contribution < -0.4 is 10.0 Å². The molecule has 0 spiro atoms. The van der Waals surface area contributed by atoms with Gasteiger partial charge in [-0.05, 0) is 83.3 Å². The smallest absolute Gasteiger partial charge is 0.338 e. The third-order valence-electron chi connectivity index (χ3n) is 3.92. The molecule has 0 aliphatic carbocycles. The molecule has 0 atom stereocenters. The molecule has 0 saturated carbocycles. The Morgan fingerprint density at radius 3 is 2.35 bits per heavy atom. The van der Waals surface area contributed by atoms with Gasteiger partial charge < -0.3 is 10.1 Å². The molecule has 160 valence electrons. The number of hydrogen-bond donors (Lipinski definition) is 2. The average Bonchev–Trinajstić information content (AvgIpc) is 2.73. The van der Waals surface area contributed by atoms with Crippen LogP contribution in [0, 0.1) is 9.39 Å². The van der Waals surface area contributed by atoms with E-state index < -0.39 is 34.3 Å². The Bertz CT molecular complexity index is 1220. The van der Waals surface area contributed by atoms with E-state index in [0.717, 1.165) is 21.8 Å². The van der Waals surface area contributed by atoms with Crippen LogP contribution >= 0.6 is 22.6 Å². The molecular formula is C21H16FIN2O5S. The monoisotopic (exact) mass is 554 g/mol. The molecule has 0 aromatic heterocycles. The number of amides is 1. The fraction of sp³-hybridized carbons (Fsp3) is 0.0476. The van der Waals surface area contributed by atoms with E-state index in [4.69, 9.17) is 4.74 Å². The zero-order chi connectivity index (χ0) is 22.4. The van der Waals surface area contributed by atoms with Crippen molar-refractivity contribution in [1.82, 2.24) is 0 Å². The largest absolute Gasteiger partial charge is 0.452 e. The van der Waals surface area contributed by atoms with Gasteiger partial charge in [0.2, 0.25) is 0 Å². The van der Waals surface area contributed by atoms with Crippen molar-refractivity contribution in [2.24, 2.45) is 0 Å². The van der Waals surface area contributed by atoms with Gasteiger partial charge in [-0.2, -0.15) is 0 Å². The van der Waals surface area contributed by atoms with E-state index in [1.54, 1.807) is 18.2 Å². The summed E-state index contributed by atoms with van der Waals surface area (Å²) in [6.45, 7) is -0.533. The molecule has 1 amide bonds. The number of nitrogens with one attached hydrogen (secondary N) is 2. The number of esters is 1. The van der Waals surface area contributed by atoms with Crippen molar-refractivity contribution >= 4 is 55.9 Å². The normalized spacial score (nSPS) is 10.9. The molecule has 0 fully saturated rings. The lowest BCUT2D eigenvalue weighted by atomic mass is 10.2. The molecule has 2 N–H and O–H groups in total. The molecule has 10 heteroatoms. The SMILES string of the molecule is O=C(COC(=O)c1cccc(S(=O)(=O)Nc2ccc(F)cc2)c1)Nc1cccc(I)c1. The molecular weight excluding hydrogens is 538 g/mol. The van der Waals surface area contributed by atoms with Gasteiger partial charge in [0.25, 0.3) is 15.9 Å². The topological polar surface area (TPSA) is 102 Å². The third kappa shape index (κ3) is 6.49. The lowest BCUT2D eigenvalue weighted by Gasteiger charge is -2.10. The van der Waals surface area contributed by atoms with Gasteiger partial charge in [0.05, 0.1) is 10.5 Å². The molecule has 0 heterocycles. The number of sulfonamides is 1. The van der Waals surface area contributed by atoms with Crippen LogP contribution in [0.3, 0.4) is 0 Å². The molecule has 0 aliphatic rings. The second-order valence-corrected chi connectivity index (χ2v) is 9.20. The first-order chi connectivity index (χ1) is 14.7. The molecule has 31 heavy (non-hydrogen) atoms. The Hall–Kier alpha value is -2.99. The highest BCUT2D eigenvalue weighted by Gasteiger charge is 2.18. The van der Waals surface area contributed by atoms with Crippen molar-refractivity contribution < 1.29 is 27.1 Å². The summed E-state index contributed by atoms with van der Waals surface area (Å²) in [6, 6.07) is 17.1. The Morgan fingerprint density at radius 2 is 1.65 bits per heavy atom. The molecule has 3 rings (SSSR count). The molecule has 3 aromatic rings. The van der Waals surface area contributed by atoms with Crippen molar-refractivity contribution in [2.45, 2.75) is 4.90 Å². The van der Waals surface area contributed by atoms with E-state index in [1.165, 1.54) is 30.3 Å². The van der Waals surface area contributed by atoms with Gasteiger partial charge in [-0.1, -0.05) is 12.1 Å². The number of ether oxygens (including phenoxy) is 1. The van der Waals surface area contributed by atoms with Crippen LogP contribution in [0.25, 0.3) is 0 Å². The summed E-state index contributed by atoms with van der Waals surface area (Å²) >= 11 is 2.10. The summed E-state index contributed by atoms with van der Waals surface area (Å²) in [7, 11) is -4.02. The Balaban J connectivity index is 1.64. The fourth-order valence-corrected chi connectivity index (χ4v) is 4.15. The average molecular weight is 554 g/mol. The Morgan fingerprint density at radius 1 is 0.935 bits per heavy atom. The predicted octanol–water partition coefficient (Wildman–Crippen LogP) is 4.03. The van der Waals surface area contributed by atoms with Gasteiger partial charge in [-0.15, -0.1) is 0 Å². The van der Waals surface area contributed by atoms with Gasteiger partial charge >= 0.3 is 5.97 Å². The predicted molar refractivity (Wildman–Crippen MR) is 122 cm³/mol. The first kappa shape index (κ1) is 22.7. The summed E-state index contributed by atoms with van der Waals surface area (Å²) in [5, 5.41) is 2.60. The lowest BCUT2D eigenvalue weighted by molar-refractivity contribution is -0.119.